The van der Waals surface area contributed by atoms with Crippen molar-refractivity contribution in [3.8, 4) is 28.0 Å². The number of likely N-dealkylation sites (tertiary alicyclic amines) is 1. The number of hydrogen-bond acceptors (Lipinski definition) is 10. The molecule has 1 fully saturated rings. The maximum atomic E-state index is 13.1. The number of nitrogens with zero attached hydrogens (tertiary/aromatic N) is 7. The number of rotatable bonds is 6. The molecule has 0 bridgehead atoms. The normalized spacial score (nSPS) is 15.0. The zero-order chi connectivity index (χ0) is 26.8. The molecule has 1 atom stereocenters. The van der Waals surface area contributed by atoms with Crippen LogP contribution in [0.3, 0.4) is 0 Å². The van der Waals surface area contributed by atoms with Gasteiger partial charge in [0.05, 0.1) is 40.8 Å². The van der Waals surface area contributed by atoms with E-state index in [0.717, 1.165) is 22.5 Å². The van der Waals surface area contributed by atoms with Crippen LogP contribution in [0, 0.1) is 11.3 Å². The molecule has 0 spiro atoms. The van der Waals surface area contributed by atoms with Gasteiger partial charge in [-0.3, -0.25) is 9.78 Å². The second-order valence-corrected chi connectivity index (χ2v) is 10.0. The number of hydrogen-bond donors (Lipinski definition) is 2. The van der Waals surface area contributed by atoms with E-state index in [4.69, 9.17) is 10.00 Å². The first-order valence-corrected chi connectivity index (χ1v) is 12.8. The number of nitriles is 1. The molecular formula is C25H25N9O3S. The van der Waals surface area contributed by atoms with Crippen LogP contribution in [0.2, 0.25) is 0 Å². The molecule has 12 nitrogen and oxygen atoms in total. The van der Waals surface area contributed by atoms with Crippen molar-refractivity contribution in [1.82, 2.24) is 35.0 Å². The van der Waals surface area contributed by atoms with E-state index >= 15 is 0 Å². The minimum atomic E-state index is -0.514. The summed E-state index contributed by atoms with van der Waals surface area (Å²) < 4.78 is 7.01. The van der Waals surface area contributed by atoms with Crippen LogP contribution in [0.1, 0.15) is 35.6 Å². The summed E-state index contributed by atoms with van der Waals surface area (Å²) in [5, 5.41) is 28.7. The average molecular weight is 532 g/mol. The van der Waals surface area contributed by atoms with Crippen molar-refractivity contribution in [2.24, 2.45) is 0 Å². The Morgan fingerprint density at radius 1 is 1.24 bits per heavy atom. The largest absolute Gasteiger partial charge is 0.444 e. The van der Waals surface area contributed by atoms with E-state index in [2.05, 4.69) is 37.0 Å². The highest BCUT2D eigenvalue weighted by Gasteiger charge is 2.31. The summed E-state index contributed by atoms with van der Waals surface area (Å²) in [6, 6.07) is 9.71. The SMILES string of the molecule is CNC(=O)O[C@H]1CCN(C(=O)c2nnc(-c3cnc(-c4ccc5cc(C#N)cnn45)cc3NC(C)C)s2)C1. The Kier molecular flexibility index (Phi) is 6.89. The van der Waals surface area contributed by atoms with Crippen molar-refractivity contribution < 1.29 is 14.3 Å². The minimum Gasteiger partial charge on any atom is -0.444 e. The summed E-state index contributed by atoms with van der Waals surface area (Å²) >= 11 is 1.19. The fourth-order valence-electron chi connectivity index (χ4n) is 4.22. The quantitative estimate of drug-likeness (QED) is 0.382. The Morgan fingerprint density at radius 2 is 2.08 bits per heavy atom. The van der Waals surface area contributed by atoms with E-state index in [0.29, 0.717) is 35.8 Å². The first-order valence-electron chi connectivity index (χ1n) is 12.0. The number of fused-ring (bicyclic) bond motifs is 1. The summed E-state index contributed by atoms with van der Waals surface area (Å²) in [6.45, 7) is 4.84. The van der Waals surface area contributed by atoms with Gasteiger partial charge in [-0.25, -0.2) is 9.31 Å². The zero-order valence-electron chi connectivity index (χ0n) is 21.0. The van der Waals surface area contributed by atoms with Gasteiger partial charge in [0.15, 0.2) is 5.01 Å². The molecule has 0 saturated carbocycles. The Hall–Kier alpha value is -4.57. The lowest BCUT2D eigenvalue weighted by molar-refractivity contribution is 0.0729. The second-order valence-electron chi connectivity index (χ2n) is 9.05. The van der Waals surface area contributed by atoms with Crippen LogP contribution in [-0.2, 0) is 4.74 Å². The van der Waals surface area contributed by atoms with Crippen molar-refractivity contribution in [1.29, 1.82) is 5.26 Å². The smallest absolute Gasteiger partial charge is 0.407 e. The number of anilines is 1. The zero-order valence-corrected chi connectivity index (χ0v) is 21.8. The van der Waals surface area contributed by atoms with Gasteiger partial charge in [-0.15, -0.1) is 10.2 Å². The van der Waals surface area contributed by atoms with E-state index in [1.54, 1.807) is 21.7 Å². The lowest BCUT2D eigenvalue weighted by Gasteiger charge is -2.15. The lowest BCUT2D eigenvalue weighted by Crippen LogP contribution is -2.32. The number of carbonyl (C=O) groups is 2. The highest BCUT2D eigenvalue weighted by molar-refractivity contribution is 7.16. The van der Waals surface area contributed by atoms with Gasteiger partial charge in [0, 0.05) is 37.9 Å². The van der Waals surface area contributed by atoms with Crippen molar-refractivity contribution in [2.75, 3.05) is 25.5 Å². The van der Waals surface area contributed by atoms with Gasteiger partial charge in [0.25, 0.3) is 5.91 Å². The Bertz CT molecular complexity index is 1560. The predicted octanol–water partition coefficient (Wildman–Crippen LogP) is 3.18. The monoisotopic (exact) mass is 531 g/mol. The minimum absolute atomic E-state index is 0.125. The molecule has 1 saturated heterocycles. The fourth-order valence-corrected chi connectivity index (χ4v) is 5.06. The third-order valence-electron chi connectivity index (χ3n) is 5.99. The molecule has 4 aromatic rings. The summed E-state index contributed by atoms with van der Waals surface area (Å²) in [5.74, 6) is -0.248. The molecule has 0 radical (unpaired) electrons. The van der Waals surface area contributed by atoms with Crippen LogP contribution in [0.25, 0.3) is 27.5 Å². The first-order chi connectivity index (χ1) is 18.4. The van der Waals surface area contributed by atoms with Crippen LogP contribution in [0.4, 0.5) is 10.5 Å². The summed E-state index contributed by atoms with van der Waals surface area (Å²) in [6.07, 6.45) is 2.93. The van der Waals surface area contributed by atoms with Gasteiger partial charge in [-0.1, -0.05) is 11.3 Å². The Morgan fingerprint density at radius 3 is 2.84 bits per heavy atom. The van der Waals surface area contributed by atoms with Crippen LogP contribution < -0.4 is 10.6 Å². The Labute approximate surface area is 222 Å². The third kappa shape index (κ3) is 4.98. The van der Waals surface area contributed by atoms with Gasteiger partial charge in [0.2, 0.25) is 5.01 Å². The van der Waals surface area contributed by atoms with Crippen molar-refractivity contribution in [3.63, 3.8) is 0 Å². The molecule has 5 heterocycles. The summed E-state index contributed by atoms with van der Waals surface area (Å²) in [5.41, 5.74) is 4.26. The molecule has 2 amide bonds. The van der Waals surface area contributed by atoms with E-state index < -0.39 is 6.09 Å². The standard InChI is InChI=1S/C25H25N9O3S/c1-14(2)30-19-9-20(21-5-4-16-8-15(10-26)11-29-34(16)21)28-12-18(19)22-31-32-23(38-22)24(35)33-7-6-17(13-33)37-25(36)27-3/h4-5,8-9,11-12,14,17H,6-7,13H2,1-3H3,(H,27,36)(H,28,30)/t17-/m0/s1. The summed E-state index contributed by atoms with van der Waals surface area (Å²) in [7, 11) is 1.50. The number of ether oxygens (including phenoxy) is 1. The van der Waals surface area contributed by atoms with Gasteiger partial charge in [-0.05, 0) is 38.1 Å². The van der Waals surface area contributed by atoms with Crippen LogP contribution in [0.5, 0.6) is 0 Å². The topological polar surface area (TPSA) is 150 Å². The van der Waals surface area contributed by atoms with E-state index in [9.17, 15) is 9.59 Å². The molecular weight excluding hydrogens is 506 g/mol. The van der Waals surface area contributed by atoms with Gasteiger partial charge >= 0.3 is 6.09 Å². The van der Waals surface area contributed by atoms with Crippen LogP contribution >= 0.6 is 11.3 Å². The molecule has 1 aliphatic heterocycles. The molecule has 1 aliphatic rings. The molecule has 5 rings (SSSR count). The number of carbonyl (C=O) groups excluding carboxylic acids is 2. The van der Waals surface area contributed by atoms with Crippen molar-refractivity contribution in [3.05, 3.63) is 47.2 Å². The molecule has 194 valence electrons. The molecule has 0 unspecified atom stereocenters. The molecule has 0 aromatic carbocycles. The third-order valence-corrected chi connectivity index (χ3v) is 6.93. The van der Waals surface area contributed by atoms with E-state index in [1.807, 2.05) is 32.0 Å². The van der Waals surface area contributed by atoms with Crippen molar-refractivity contribution >= 4 is 34.5 Å². The van der Waals surface area contributed by atoms with Gasteiger partial charge in [0.1, 0.15) is 12.2 Å². The second kappa shape index (κ2) is 10.4. The number of nitrogens with one attached hydrogen (secondary N) is 2. The van der Waals surface area contributed by atoms with Gasteiger partial charge in [-0.2, -0.15) is 10.4 Å². The molecule has 4 aromatic heterocycles. The fraction of sp³-hybridized carbons (Fsp3) is 0.320. The van der Waals surface area contributed by atoms with E-state index in [1.165, 1.54) is 24.6 Å². The number of alkyl carbamates (subject to hydrolysis) is 1. The van der Waals surface area contributed by atoms with Gasteiger partial charge < -0.3 is 20.3 Å². The molecule has 13 heteroatoms. The summed E-state index contributed by atoms with van der Waals surface area (Å²) in [4.78, 5) is 30.8. The molecule has 2 N–H and O–H groups in total. The predicted molar refractivity (Wildman–Crippen MR) is 141 cm³/mol. The Balaban J connectivity index is 1.41. The van der Waals surface area contributed by atoms with E-state index in [-0.39, 0.29) is 23.1 Å². The number of amides is 2. The maximum Gasteiger partial charge on any atom is 0.407 e. The number of aromatic nitrogens is 5. The number of pyridine rings is 1. The first kappa shape index (κ1) is 25.1. The van der Waals surface area contributed by atoms with Crippen molar-refractivity contribution in [2.45, 2.75) is 32.4 Å². The average Bonchev–Trinajstić information content (AvgIpc) is 3.67. The van der Waals surface area contributed by atoms with Crippen LogP contribution in [-0.4, -0.2) is 74.0 Å². The highest BCUT2D eigenvalue weighted by atomic mass is 32.1. The molecule has 38 heavy (non-hydrogen) atoms. The highest BCUT2D eigenvalue weighted by Crippen LogP contribution is 2.34. The maximum absolute atomic E-state index is 13.1. The lowest BCUT2D eigenvalue weighted by atomic mass is 10.1. The van der Waals surface area contributed by atoms with Crippen LogP contribution in [0.15, 0.2) is 36.7 Å². The molecule has 0 aliphatic carbocycles.